The van der Waals surface area contributed by atoms with Crippen LogP contribution in [0.5, 0.6) is 0 Å². The molecular weight excluding hydrogens is 216 g/mol. The second-order valence-corrected chi connectivity index (χ2v) is 3.10. The molecule has 0 radical (unpaired) electrons. The van der Waals surface area contributed by atoms with Crippen LogP contribution in [0.1, 0.15) is 18.2 Å². The zero-order valence-electron chi connectivity index (χ0n) is 8.11. The molecule has 1 aromatic heterocycles. The van der Waals surface area contributed by atoms with E-state index in [-0.39, 0.29) is 10.7 Å². The number of allylic oxidation sites excluding steroid dienone is 1. The summed E-state index contributed by atoms with van der Waals surface area (Å²) >= 11 is 5.86. The number of hydrogen-bond acceptors (Lipinski definition) is 3. The Hall–Kier alpha value is -1.68. The van der Waals surface area contributed by atoms with E-state index in [4.69, 9.17) is 11.6 Å². The summed E-state index contributed by atoms with van der Waals surface area (Å²) in [5.41, 5.74) is 0.840. The van der Waals surface area contributed by atoms with Crippen molar-refractivity contribution in [2.75, 3.05) is 0 Å². The third-order valence-electron chi connectivity index (χ3n) is 1.79. The van der Waals surface area contributed by atoms with E-state index in [9.17, 15) is 10.1 Å². The van der Waals surface area contributed by atoms with Gasteiger partial charge in [-0.25, -0.2) is 4.98 Å². The zero-order valence-corrected chi connectivity index (χ0v) is 8.86. The van der Waals surface area contributed by atoms with Gasteiger partial charge in [0.15, 0.2) is 0 Å². The van der Waals surface area contributed by atoms with Crippen molar-refractivity contribution in [2.24, 2.45) is 0 Å². The first-order valence-corrected chi connectivity index (χ1v) is 4.57. The van der Waals surface area contributed by atoms with Crippen LogP contribution in [0.3, 0.4) is 0 Å². The van der Waals surface area contributed by atoms with Crippen LogP contribution in [0, 0.1) is 10.1 Å². The lowest BCUT2D eigenvalue weighted by Gasteiger charge is -2.02. The summed E-state index contributed by atoms with van der Waals surface area (Å²) in [6.45, 7) is 5.38. The number of nitrogens with zero attached hydrogens (tertiary/aromatic N) is 2. The van der Waals surface area contributed by atoms with Crippen LogP contribution in [-0.4, -0.2) is 9.91 Å². The van der Waals surface area contributed by atoms with Crippen molar-refractivity contribution in [3.8, 4) is 0 Å². The van der Waals surface area contributed by atoms with Gasteiger partial charge >= 0.3 is 5.69 Å². The molecule has 0 atom stereocenters. The molecule has 1 rings (SSSR count). The van der Waals surface area contributed by atoms with Crippen LogP contribution in [0.25, 0.3) is 12.2 Å². The fourth-order valence-corrected chi connectivity index (χ4v) is 1.41. The Labute approximate surface area is 92.1 Å². The predicted molar refractivity (Wildman–Crippen MR) is 60.7 cm³/mol. The molecule has 0 aliphatic heterocycles. The van der Waals surface area contributed by atoms with Crippen LogP contribution >= 0.6 is 11.6 Å². The molecule has 4 nitrogen and oxygen atoms in total. The van der Waals surface area contributed by atoms with Crippen molar-refractivity contribution in [3.05, 3.63) is 45.2 Å². The lowest BCUT2D eigenvalue weighted by molar-refractivity contribution is -0.385. The second-order valence-electron chi connectivity index (χ2n) is 2.72. The van der Waals surface area contributed by atoms with E-state index in [1.54, 1.807) is 12.2 Å². The van der Waals surface area contributed by atoms with Gasteiger partial charge in [-0.2, -0.15) is 0 Å². The quantitative estimate of drug-likeness (QED) is 0.585. The predicted octanol–water partition coefficient (Wildman–Crippen LogP) is 3.32. The van der Waals surface area contributed by atoms with Gasteiger partial charge in [-0.3, -0.25) is 10.1 Å². The zero-order chi connectivity index (χ0) is 11.4. The minimum atomic E-state index is -0.568. The minimum Gasteiger partial charge on any atom is -0.258 e. The molecule has 1 heterocycles. The monoisotopic (exact) mass is 224 g/mol. The van der Waals surface area contributed by atoms with Crippen LogP contribution < -0.4 is 0 Å². The Kier molecular flexibility index (Phi) is 3.57. The molecule has 5 heteroatoms. The smallest absolute Gasteiger partial charge is 0.258 e. The van der Waals surface area contributed by atoms with Gasteiger partial charge in [-0.05, 0) is 13.0 Å². The summed E-state index contributed by atoms with van der Waals surface area (Å²) in [6.07, 6.45) is 6.09. The summed E-state index contributed by atoms with van der Waals surface area (Å²) in [5.74, 6) is 0. The van der Waals surface area contributed by atoms with E-state index in [0.29, 0.717) is 11.3 Å². The minimum absolute atomic E-state index is 0.0677. The maximum absolute atomic E-state index is 10.6. The summed E-state index contributed by atoms with van der Waals surface area (Å²) in [6, 6.07) is 0. The van der Waals surface area contributed by atoms with Gasteiger partial charge in [0.05, 0.1) is 10.6 Å². The topological polar surface area (TPSA) is 56.0 Å². The van der Waals surface area contributed by atoms with E-state index in [1.165, 1.54) is 6.08 Å². The molecule has 0 aliphatic carbocycles. The highest BCUT2D eigenvalue weighted by atomic mass is 35.5. The van der Waals surface area contributed by atoms with Crippen molar-refractivity contribution >= 4 is 29.4 Å². The average molecular weight is 225 g/mol. The Morgan fingerprint density at radius 2 is 2.33 bits per heavy atom. The molecule has 0 amide bonds. The van der Waals surface area contributed by atoms with Crippen LogP contribution in [-0.2, 0) is 0 Å². The molecule has 0 saturated heterocycles. The Balaban J connectivity index is 3.45. The number of rotatable bonds is 3. The number of aromatic nitrogens is 1. The van der Waals surface area contributed by atoms with Crippen molar-refractivity contribution in [1.29, 1.82) is 0 Å². The van der Waals surface area contributed by atoms with Crippen molar-refractivity contribution < 1.29 is 4.92 Å². The normalized spacial score (nSPS) is 10.5. The van der Waals surface area contributed by atoms with E-state index in [2.05, 4.69) is 11.6 Å². The molecule has 0 fully saturated rings. The molecule has 0 unspecified atom stereocenters. The number of hydrogen-bond donors (Lipinski definition) is 0. The van der Waals surface area contributed by atoms with Gasteiger partial charge in [0.25, 0.3) is 0 Å². The summed E-state index contributed by atoms with van der Waals surface area (Å²) in [4.78, 5) is 14.0. The highest BCUT2D eigenvalue weighted by molar-refractivity contribution is 6.34. The third-order valence-corrected chi connectivity index (χ3v) is 2.19. The molecular formula is C10H9ClN2O2. The lowest BCUT2D eigenvalue weighted by Crippen LogP contribution is -1.95. The summed E-state index contributed by atoms with van der Waals surface area (Å²) in [7, 11) is 0. The molecule has 0 saturated carbocycles. The largest absolute Gasteiger partial charge is 0.306 e. The highest BCUT2D eigenvalue weighted by Gasteiger charge is 2.17. The maximum atomic E-state index is 10.6. The molecule has 1 aromatic rings. The summed E-state index contributed by atoms with van der Waals surface area (Å²) < 4.78 is 0. The lowest BCUT2D eigenvalue weighted by atomic mass is 10.1. The van der Waals surface area contributed by atoms with Crippen LogP contribution in [0.4, 0.5) is 5.69 Å². The molecule has 0 spiro atoms. The molecule has 78 valence electrons. The van der Waals surface area contributed by atoms with Gasteiger partial charge in [0, 0.05) is 5.56 Å². The van der Waals surface area contributed by atoms with E-state index < -0.39 is 4.92 Å². The first kappa shape index (κ1) is 11.4. The van der Waals surface area contributed by atoms with Crippen molar-refractivity contribution in [2.45, 2.75) is 6.92 Å². The average Bonchev–Trinajstić information content (AvgIpc) is 2.18. The number of pyridine rings is 1. The molecule has 0 aromatic carbocycles. The SMILES string of the molecule is C=Cc1c(/C=C\C)ncc([N+](=O)[O-])c1Cl. The van der Waals surface area contributed by atoms with Crippen LogP contribution in [0.2, 0.25) is 5.02 Å². The fraction of sp³-hybridized carbons (Fsp3) is 0.100. The standard InChI is InChI=1S/C10H9ClN2O2/c1-3-5-8-7(4-2)10(11)9(6-12-8)13(14)15/h3-6H,2H2,1H3/b5-3-. The van der Waals surface area contributed by atoms with Gasteiger partial charge in [-0.1, -0.05) is 30.3 Å². The summed E-state index contributed by atoms with van der Waals surface area (Å²) in [5, 5.41) is 10.7. The number of halogens is 1. The number of nitro groups is 1. The Morgan fingerprint density at radius 3 is 2.80 bits per heavy atom. The van der Waals surface area contributed by atoms with Gasteiger partial charge in [0.2, 0.25) is 0 Å². The maximum Gasteiger partial charge on any atom is 0.306 e. The molecule has 15 heavy (non-hydrogen) atoms. The van der Waals surface area contributed by atoms with Gasteiger partial charge in [-0.15, -0.1) is 0 Å². The fourth-order valence-electron chi connectivity index (χ4n) is 1.12. The van der Waals surface area contributed by atoms with E-state index in [0.717, 1.165) is 6.20 Å². The van der Waals surface area contributed by atoms with Crippen molar-refractivity contribution in [3.63, 3.8) is 0 Å². The Morgan fingerprint density at radius 1 is 1.67 bits per heavy atom. The Bertz CT molecular complexity index is 441. The van der Waals surface area contributed by atoms with Crippen molar-refractivity contribution in [1.82, 2.24) is 4.98 Å². The van der Waals surface area contributed by atoms with Crippen LogP contribution in [0.15, 0.2) is 18.9 Å². The second kappa shape index (κ2) is 4.70. The van der Waals surface area contributed by atoms with E-state index >= 15 is 0 Å². The highest BCUT2D eigenvalue weighted by Crippen LogP contribution is 2.30. The molecule has 0 bridgehead atoms. The van der Waals surface area contributed by atoms with E-state index in [1.807, 2.05) is 6.92 Å². The van der Waals surface area contributed by atoms with Gasteiger partial charge < -0.3 is 0 Å². The third kappa shape index (κ3) is 2.22. The first-order valence-electron chi connectivity index (χ1n) is 4.19. The molecule has 0 aliphatic rings. The van der Waals surface area contributed by atoms with Gasteiger partial charge in [0.1, 0.15) is 11.2 Å². The first-order chi connectivity index (χ1) is 7.11. The molecule has 0 N–H and O–H groups in total.